The SMILES string of the molecule is CC(=O)N1c2ccccc2-c2c(sn(-c3ccc(C)cc3)c2=S)C1(C)C. The van der Waals surface area contributed by atoms with E-state index in [9.17, 15) is 4.79 Å². The van der Waals surface area contributed by atoms with E-state index in [2.05, 4.69) is 55.1 Å². The minimum Gasteiger partial charge on any atom is -0.301 e. The van der Waals surface area contributed by atoms with Gasteiger partial charge in [-0.15, -0.1) is 0 Å². The number of carbonyl (C=O) groups is 1. The molecule has 0 aliphatic carbocycles. The molecule has 1 aliphatic rings. The molecule has 3 nitrogen and oxygen atoms in total. The quantitative estimate of drug-likeness (QED) is 0.495. The van der Waals surface area contributed by atoms with E-state index >= 15 is 0 Å². The summed E-state index contributed by atoms with van der Waals surface area (Å²) in [6.07, 6.45) is 0. The maximum Gasteiger partial charge on any atom is 0.224 e. The molecule has 0 saturated heterocycles. The Kier molecular flexibility index (Phi) is 3.90. The van der Waals surface area contributed by atoms with Gasteiger partial charge in [0, 0.05) is 18.1 Å². The van der Waals surface area contributed by atoms with Crippen LogP contribution in [0.2, 0.25) is 0 Å². The predicted octanol–water partition coefficient (Wildman–Crippen LogP) is 5.85. The fourth-order valence-corrected chi connectivity index (χ4v) is 5.42. The number of carbonyl (C=O) groups excluding carboxylic acids is 1. The van der Waals surface area contributed by atoms with Crippen LogP contribution >= 0.6 is 23.8 Å². The molecule has 0 N–H and O–H groups in total. The molecule has 4 rings (SSSR count). The fraction of sp³-hybridized carbons (Fsp3) is 0.238. The van der Waals surface area contributed by atoms with Gasteiger partial charge in [-0.3, -0.25) is 8.75 Å². The Hall–Kier alpha value is -2.24. The first-order chi connectivity index (χ1) is 12.3. The molecular weight excluding hydrogens is 360 g/mol. The average Bonchev–Trinajstić information content (AvgIpc) is 2.94. The van der Waals surface area contributed by atoms with Crippen molar-refractivity contribution in [3.63, 3.8) is 0 Å². The summed E-state index contributed by atoms with van der Waals surface area (Å²) in [6.45, 7) is 7.88. The number of fused-ring (bicyclic) bond motifs is 3. The third kappa shape index (κ3) is 2.38. The summed E-state index contributed by atoms with van der Waals surface area (Å²) in [7, 11) is 0. The normalized spacial score (nSPS) is 14.7. The van der Waals surface area contributed by atoms with Gasteiger partial charge in [0.15, 0.2) is 0 Å². The van der Waals surface area contributed by atoms with Crippen molar-refractivity contribution >= 4 is 35.3 Å². The Bertz CT molecular complexity index is 1070. The highest BCUT2D eigenvalue weighted by atomic mass is 32.1. The van der Waals surface area contributed by atoms with E-state index < -0.39 is 5.54 Å². The van der Waals surface area contributed by atoms with Gasteiger partial charge in [-0.25, -0.2) is 0 Å². The van der Waals surface area contributed by atoms with Crippen molar-refractivity contribution in [3.05, 3.63) is 63.6 Å². The lowest BCUT2D eigenvalue weighted by molar-refractivity contribution is -0.117. The summed E-state index contributed by atoms with van der Waals surface area (Å²) >= 11 is 7.51. The number of hydrogen-bond donors (Lipinski definition) is 0. The maximum atomic E-state index is 12.5. The van der Waals surface area contributed by atoms with Crippen molar-refractivity contribution in [2.24, 2.45) is 0 Å². The molecule has 2 aromatic carbocycles. The monoisotopic (exact) mass is 380 g/mol. The van der Waals surface area contributed by atoms with Crippen molar-refractivity contribution in [2.45, 2.75) is 33.2 Å². The molecule has 2 heterocycles. The van der Waals surface area contributed by atoms with E-state index in [0.717, 1.165) is 32.0 Å². The molecule has 3 aromatic rings. The zero-order valence-corrected chi connectivity index (χ0v) is 16.9. The highest BCUT2D eigenvalue weighted by molar-refractivity contribution is 7.71. The zero-order valence-electron chi connectivity index (χ0n) is 15.2. The van der Waals surface area contributed by atoms with Crippen LogP contribution in [0.15, 0.2) is 48.5 Å². The number of rotatable bonds is 1. The Morgan fingerprint density at radius 1 is 1.08 bits per heavy atom. The van der Waals surface area contributed by atoms with Gasteiger partial charge in [0.05, 0.1) is 21.8 Å². The number of amides is 1. The summed E-state index contributed by atoms with van der Waals surface area (Å²) in [6, 6.07) is 16.4. The van der Waals surface area contributed by atoms with Gasteiger partial charge in [0.25, 0.3) is 0 Å². The third-order valence-electron chi connectivity index (χ3n) is 4.92. The van der Waals surface area contributed by atoms with Crippen LogP contribution in [0.4, 0.5) is 5.69 Å². The van der Waals surface area contributed by atoms with Gasteiger partial charge in [-0.2, -0.15) is 0 Å². The lowest BCUT2D eigenvalue weighted by atomic mass is 9.87. The summed E-state index contributed by atoms with van der Waals surface area (Å²) in [5.74, 6) is 0.0364. The van der Waals surface area contributed by atoms with Gasteiger partial charge in [-0.1, -0.05) is 59.6 Å². The second kappa shape index (κ2) is 5.89. The minimum absolute atomic E-state index is 0.0364. The number of nitrogens with zero attached hydrogens (tertiary/aromatic N) is 2. The van der Waals surface area contributed by atoms with E-state index in [-0.39, 0.29) is 5.91 Å². The number of hydrogen-bond acceptors (Lipinski definition) is 3. The predicted molar refractivity (Wildman–Crippen MR) is 111 cm³/mol. The molecule has 1 aliphatic heterocycles. The molecule has 132 valence electrons. The summed E-state index contributed by atoms with van der Waals surface area (Å²) < 4.78 is 2.90. The van der Waals surface area contributed by atoms with Crippen molar-refractivity contribution < 1.29 is 4.79 Å². The standard InChI is InChI=1S/C21H20N2OS2/c1-13-9-11-15(12-10-13)23-20(25)18-16-7-5-6-8-17(16)22(14(2)24)21(3,4)19(18)26-23/h5-12H,1-4H3. The molecule has 0 bridgehead atoms. The van der Waals surface area contributed by atoms with Crippen LogP contribution in [0.3, 0.4) is 0 Å². The van der Waals surface area contributed by atoms with Crippen LogP contribution in [0.25, 0.3) is 16.8 Å². The van der Waals surface area contributed by atoms with Crippen LogP contribution in [0.1, 0.15) is 31.2 Å². The molecule has 0 unspecified atom stereocenters. The first-order valence-electron chi connectivity index (χ1n) is 8.56. The fourth-order valence-electron chi connectivity index (χ4n) is 3.73. The van der Waals surface area contributed by atoms with Crippen LogP contribution in [-0.2, 0) is 10.3 Å². The minimum atomic E-state index is -0.455. The molecule has 26 heavy (non-hydrogen) atoms. The largest absolute Gasteiger partial charge is 0.301 e. The Morgan fingerprint density at radius 2 is 1.73 bits per heavy atom. The number of aryl methyl sites for hydroxylation is 1. The van der Waals surface area contributed by atoms with Gasteiger partial charge >= 0.3 is 0 Å². The third-order valence-corrected chi connectivity index (χ3v) is 6.88. The number of para-hydroxylation sites is 1. The molecule has 0 radical (unpaired) electrons. The molecule has 0 fully saturated rings. The van der Waals surface area contributed by atoms with E-state index in [4.69, 9.17) is 12.2 Å². The first-order valence-corrected chi connectivity index (χ1v) is 9.74. The molecule has 5 heteroatoms. The summed E-state index contributed by atoms with van der Waals surface area (Å²) in [4.78, 5) is 15.5. The zero-order chi connectivity index (χ0) is 18.6. The molecule has 1 amide bonds. The number of benzene rings is 2. The highest BCUT2D eigenvalue weighted by Crippen LogP contribution is 2.50. The smallest absolute Gasteiger partial charge is 0.224 e. The molecule has 0 atom stereocenters. The number of anilines is 1. The lowest BCUT2D eigenvalue weighted by Gasteiger charge is -2.42. The second-order valence-corrected chi connectivity index (χ2v) is 8.50. The molecule has 0 saturated carbocycles. The van der Waals surface area contributed by atoms with E-state index in [1.54, 1.807) is 18.5 Å². The Labute approximate surface area is 162 Å². The maximum absolute atomic E-state index is 12.5. The van der Waals surface area contributed by atoms with Crippen LogP contribution < -0.4 is 4.90 Å². The lowest BCUT2D eigenvalue weighted by Crippen LogP contribution is -2.46. The van der Waals surface area contributed by atoms with Gasteiger partial charge < -0.3 is 4.90 Å². The average molecular weight is 381 g/mol. The van der Waals surface area contributed by atoms with Crippen LogP contribution in [0.5, 0.6) is 0 Å². The first kappa shape index (κ1) is 17.2. The van der Waals surface area contributed by atoms with Gasteiger partial charge in [0.2, 0.25) is 5.91 Å². The van der Waals surface area contributed by atoms with E-state index in [1.807, 2.05) is 23.1 Å². The molecular formula is C21H20N2OS2. The van der Waals surface area contributed by atoms with Crippen LogP contribution in [0, 0.1) is 11.6 Å². The topological polar surface area (TPSA) is 25.2 Å². The van der Waals surface area contributed by atoms with Crippen molar-refractivity contribution in [2.75, 3.05) is 4.90 Å². The van der Waals surface area contributed by atoms with E-state index in [0.29, 0.717) is 0 Å². The van der Waals surface area contributed by atoms with Crippen molar-refractivity contribution in [3.8, 4) is 16.8 Å². The van der Waals surface area contributed by atoms with E-state index in [1.165, 1.54) is 5.56 Å². The number of aromatic nitrogens is 1. The van der Waals surface area contributed by atoms with Gasteiger partial charge in [0.1, 0.15) is 4.64 Å². The van der Waals surface area contributed by atoms with Crippen LogP contribution in [-0.4, -0.2) is 9.86 Å². The Morgan fingerprint density at radius 3 is 2.38 bits per heavy atom. The van der Waals surface area contributed by atoms with Crippen molar-refractivity contribution in [1.29, 1.82) is 0 Å². The summed E-state index contributed by atoms with van der Waals surface area (Å²) in [5.41, 5.74) is 4.85. The van der Waals surface area contributed by atoms with Gasteiger partial charge in [-0.05, 0) is 39.0 Å². The highest BCUT2D eigenvalue weighted by Gasteiger charge is 2.42. The molecule has 0 spiro atoms. The summed E-state index contributed by atoms with van der Waals surface area (Å²) in [5, 5.41) is 0. The Balaban J connectivity index is 2.04. The van der Waals surface area contributed by atoms with Crippen molar-refractivity contribution in [1.82, 2.24) is 3.96 Å². The second-order valence-electron chi connectivity index (χ2n) is 7.16. The molecule has 1 aromatic heterocycles.